The molecule has 172 valence electrons. The zero-order chi connectivity index (χ0) is 23.7. The summed E-state index contributed by atoms with van der Waals surface area (Å²) in [5.74, 6) is 0.120. The Kier molecular flexibility index (Phi) is 5.71. The van der Waals surface area contributed by atoms with Gasteiger partial charge in [0.2, 0.25) is 5.91 Å². The van der Waals surface area contributed by atoms with E-state index in [0.29, 0.717) is 42.0 Å². The van der Waals surface area contributed by atoms with Gasteiger partial charge in [-0.25, -0.2) is 9.18 Å². The zero-order valence-electron chi connectivity index (χ0n) is 18.4. The van der Waals surface area contributed by atoms with Gasteiger partial charge in [0.1, 0.15) is 18.2 Å². The Morgan fingerprint density at radius 2 is 1.94 bits per heavy atom. The standard InChI is InChI=1S/C26H23FN4O3/c1-2-25(32)29-14-12-20(16-29)31-23-11-13-28-15-24(23)30(26(31)33)19-7-9-21(10-8-19)34-17-18-5-3-4-6-22(18)27/h2-11,13,15,20H,1,12,14,16-17H2. The van der Waals surface area contributed by atoms with Crippen molar-refractivity contribution in [3.05, 3.63) is 102 Å². The summed E-state index contributed by atoms with van der Waals surface area (Å²) in [6.45, 7) is 4.69. The van der Waals surface area contributed by atoms with Crippen molar-refractivity contribution in [3.63, 3.8) is 0 Å². The maximum Gasteiger partial charge on any atom is 0.334 e. The van der Waals surface area contributed by atoms with Crippen molar-refractivity contribution in [2.45, 2.75) is 19.1 Å². The predicted octanol–water partition coefficient (Wildman–Crippen LogP) is 3.86. The van der Waals surface area contributed by atoms with E-state index in [9.17, 15) is 14.0 Å². The quantitative estimate of drug-likeness (QED) is 0.412. The van der Waals surface area contributed by atoms with Crippen LogP contribution in [0.5, 0.6) is 5.75 Å². The Hall–Kier alpha value is -4.20. The van der Waals surface area contributed by atoms with Gasteiger partial charge in [0.15, 0.2) is 0 Å². The maximum atomic E-state index is 13.8. The van der Waals surface area contributed by atoms with E-state index >= 15 is 0 Å². The van der Waals surface area contributed by atoms with Crippen LogP contribution in [-0.4, -0.2) is 38.0 Å². The number of halogens is 1. The van der Waals surface area contributed by atoms with Crippen LogP contribution in [0.1, 0.15) is 18.0 Å². The number of aromatic nitrogens is 3. The van der Waals surface area contributed by atoms with E-state index in [0.717, 1.165) is 5.52 Å². The summed E-state index contributed by atoms with van der Waals surface area (Å²) in [5, 5.41) is 0. The Morgan fingerprint density at radius 3 is 2.71 bits per heavy atom. The smallest absolute Gasteiger partial charge is 0.334 e. The number of ether oxygens (including phenoxy) is 1. The Balaban J connectivity index is 1.45. The molecule has 0 radical (unpaired) electrons. The summed E-state index contributed by atoms with van der Waals surface area (Å²) in [6.07, 6.45) is 5.30. The van der Waals surface area contributed by atoms with Crippen LogP contribution >= 0.6 is 0 Å². The van der Waals surface area contributed by atoms with Gasteiger partial charge < -0.3 is 9.64 Å². The van der Waals surface area contributed by atoms with Crippen LogP contribution in [0, 0.1) is 5.82 Å². The van der Waals surface area contributed by atoms with E-state index < -0.39 is 0 Å². The minimum atomic E-state index is -0.314. The zero-order valence-corrected chi connectivity index (χ0v) is 18.4. The lowest BCUT2D eigenvalue weighted by atomic mass is 10.2. The van der Waals surface area contributed by atoms with Crippen LogP contribution in [0.25, 0.3) is 16.7 Å². The number of fused-ring (bicyclic) bond motifs is 1. The molecule has 1 atom stereocenters. The van der Waals surface area contributed by atoms with Gasteiger partial charge in [-0.2, -0.15) is 0 Å². The second-order valence-electron chi connectivity index (χ2n) is 8.16. The Labute approximate surface area is 195 Å². The molecule has 1 unspecified atom stereocenters. The topological polar surface area (TPSA) is 69.4 Å². The second-order valence-corrected chi connectivity index (χ2v) is 8.16. The van der Waals surface area contributed by atoms with E-state index in [1.165, 1.54) is 12.1 Å². The molecule has 3 heterocycles. The largest absolute Gasteiger partial charge is 0.489 e. The fourth-order valence-corrected chi connectivity index (χ4v) is 4.42. The number of rotatable bonds is 6. The lowest BCUT2D eigenvalue weighted by Crippen LogP contribution is -2.31. The van der Waals surface area contributed by atoms with E-state index in [1.807, 2.05) is 6.07 Å². The molecule has 1 aliphatic heterocycles. The fraction of sp³-hybridized carbons (Fsp3) is 0.192. The molecule has 0 saturated carbocycles. The first-order chi connectivity index (χ1) is 16.6. The van der Waals surface area contributed by atoms with Crippen LogP contribution < -0.4 is 10.4 Å². The Bertz CT molecular complexity index is 1420. The summed E-state index contributed by atoms with van der Waals surface area (Å²) in [7, 11) is 0. The average molecular weight is 458 g/mol. The van der Waals surface area contributed by atoms with Crippen LogP contribution in [0.4, 0.5) is 4.39 Å². The normalized spacial score (nSPS) is 15.6. The first-order valence-corrected chi connectivity index (χ1v) is 11.0. The number of carbonyl (C=O) groups is 1. The van der Waals surface area contributed by atoms with Crippen molar-refractivity contribution < 1.29 is 13.9 Å². The van der Waals surface area contributed by atoms with E-state index in [1.54, 1.807) is 68.9 Å². The number of likely N-dealkylation sites (tertiary alicyclic amines) is 1. The average Bonchev–Trinajstić information content (AvgIpc) is 3.45. The number of imidazole rings is 1. The first kappa shape index (κ1) is 21.6. The third kappa shape index (κ3) is 3.87. The van der Waals surface area contributed by atoms with Crippen molar-refractivity contribution in [2.24, 2.45) is 0 Å². The summed E-state index contributed by atoms with van der Waals surface area (Å²) < 4.78 is 22.9. The lowest BCUT2D eigenvalue weighted by Gasteiger charge is -2.15. The fourth-order valence-electron chi connectivity index (χ4n) is 4.42. The second kappa shape index (κ2) is 8.97. The van der Waals surface area contributed by atoms with Crippen molar-refractivity contribution >= 4 is 16.9 Å². The van der Waals surface area contributed by atoms with Gasteiger partial charge in [0, 0.05) is 24.8 Å². The molecule has 0 bridgehead atoms. The van der Waals surface area contributed by atoms with Crippen LogP contribution in [-0.2, 0) is 11.4 Å². The highest BCUT2D eigenvalue weighted by Gasteiger charge is 2.29. The molecule has 2 aromatic carbocycles. The molecule has 1 saturated heterocycles. The Morgan fingerprint density at radius 1 is 1.15 bits per heavy atom. The molecule has 5 rings (SSSR count). The number of hydrogen-bond acceptors (Lipinski definition) is 4. The number of pyridine rings is 1. The van der Waals surface area contributed by atoms with Gasteiger partial charge in [-0.05, 0) is 48.9 Å². The molecule has 8 heteroatoms. The molecule has 7 nitrogen and oxygen atoms in total. The highest BCUT2D eigenvalue weighted by molar-refractivity contribution is 5.87. The SMILES string of the molecule is C=CC(=O)N1CCC(n2c(=O)n(-c3ccc(OCc4ccccc4F)cc3)c3cnccc32)C1. The van der Waals surface area contributed by atoms with Crippen LogP contribution in [0.2, 0.25) is 0 Å². The van der Waals surface area contributed by atoms with Crippen molar-refractivity contribution in [1.29, 1.82) is 0 Å². The molecule has 1 aliphatic rings. The molecule has 1 fully saturated rings. The number of hydrogen-bond donors (Lipinski definition) is 0. The van der Waals surface area contributed by atoms with Crippen LogP contribution in [0.15, 0.2) is 84.4 Å². The third-order valence-electron chi connectivity index (χ3n) is 6.14. The molecule has 34 heavy (non-hydrogen) atoms. The highest BCUT2D eigenvalue weighted by atomic mass is 19.1. The van der Waals surface area contributed by atoms with Gasteiger partial charge in [0.25, 0.3) is 0 Å². The van der Waals surface area contributed by atoms with Gasteiger partial charge >= 0.3 is 5.69 Å². The molecule has 0 aliphatic carbocycles. The summed E-state index contributed by atoms with van der Waals surface area (Å²) >= 11 is 0. The summed E-state index contributed by atoms with van der Waals surface area (Å²) in [6, 6.07) is 15.2. The molecule has 0 N–H and O–H groups in total. The molecule has 1 amide bonds. The number of amides is 1. The predicted molar refractivity (Wildman–Crippen MR) is 126 cm³/mol. The maximum absolute atomic E-state index is 13.8. The first-order valence-electron chi connectivity index (χ1n) is 11.0. The van der Waals surface area contributed by atoms with Crippen molar-refractivity contribution in [1.82, 2.24) is 19.0 Å². The minimum absolute atomic E-state index is 0.108. The third-order valence-corrected chi connectivity index (χ3v) is 6.14. The van der Waals surface area contributed by atoms with E-state index in [2.05, 4.69) is 11.6 Å². The van der Waals surface area contributed by atoms with E-state index in [4.69, 9.17) is 4.74 Å². The molecule has 0 spiro atoms. The monoisotopic (exact) mass is 458 g/mol. The number of benzene rings is 2. The van der Waals surface area contributed by atoms with Crippen molar-refractivity contribution in [2.75, 3.05) is 13.1 Å². The van der Waals surface area contributed by atoms with Gasteiger partial charge in [-0.3, -0.25) is 18.9 Å². The molecule has 4 aromatic rings. The lowest BCUT2D eigenvalue weighted by molar-refractivity contribution is -0.125. The van der Waals surface area contributed by atoms with Gasteiger partial charge in [0.05, 0.1) is 29.0 Å². The summed E-state index contributed by atoms with van der Waals surface area (Å²) in [4.78, 5) is 31.5. The molecular formula is C26H23FN4O3. The molecule has 2 aromatic heterocycles. The van der Waals surface area contributed by atoms with Gasteiger partial charge in [-0.1, -0.05) is 24.8 Å². The number of nitrogens with zero attached hydrogens (tertiary/aromatic N) is 4. The van der Waals surface area contributed by atoms with Crippen molar-refractivity contribution in [3.8, 4) is 11.4 Å². The molecular weight excluding hydrogens is 435 g/mol. The van der Waals surface area contributed by atoms with Crippen LogP contribution in [0.3, 0.4) is 0 Å². The summed E-state index contributed by atoms with van der Waals surface area (Å²) in [5.41, 5.74) is 2.38. The number of carbonyl (C=O) groups excluding carboxylic acids is 1. The van der Waals surface area contributed by atoms with E-state index in [-0.39, 0.29) is 30.1 Å². The highest BCUT2D eigenvalue weighted by Crippen LogP contribution is 2.27. The van der Waals surface area contributed by atoms with Gasteiger partial charge in [-0.15, -0.1) is 0 Å². The minimum Gasteiger partial charge on any atom is -0.489 e.